The lowest BCUT2D eigenvalue weighted by atomic mass is 10.2. The number of nitrogens with two attached hydrogens (primary N) is 1. The number of amides is 1. The second-order valence-electron chi connectivity index (χ2n) is 5.14. The molecule has 1 amide bonds. The molecule has 0 spiro atoms. The summed E-state index contributed by atoms with van der Waals surface area (Å²) in [4.78, 5) is 16.1. The van der Waals surface area contributed by atoms with Crippen LogP contribution in [0, 0.1) is 12.7 Å². The zero-order valence-electron chi connectivity index (χ0n) is 14.5. The zero-order valence-corrected chi connectivity index (χ0v) is 14.5. The first-order valence-corrected chi connectivity index (χ1v) is 7.89. The third-order valence-corrected chi connectivity index (χ3v) is 2.85. The van der Waals surface area contributed by atoms with Crippen LogP contribution in [-0.4, -0.2) is 17.5 Å². The summed E-state index contributed by atoms with van der Waals surface area (Å²) in [5.41, 5.74) is 6.93. The van der Waals surface area contributed by atoms with Crippen molar-refractivity contribution >= 4 is 17.4 Å². The molecular formula is C18H24FN3O2. The summed E-state index contributed by atoms with van der Waals surface area (Å²) in [6, 6.07) is 7.44. The Kier molecular flexibility index (Phi) is 7.68. The van der Waals surface area contributed by atoms with Gasteiger partial charge in [0.15, 0.2) is 0 Å². The van der Waals surface area contributed by atoms with Gasteiger partial charge < -0.3 is 15.8 Å². The number of hydrogen-bond donors (Lipinski definition) is 2. The largest absolute Gasteiger partial charge is 0.478 e. The van der Waals surface area contributed by atoms with Crippen LogP contribution in [0.5, 0.6) is 5.88 Å². The lowest BCUT2D eigenvalue weighted by Gasteiger charge is -2.09. The summed E-state index contributed by atoms with van der Waals surface area (Å²) in [5.74, 6) is -0.286. The van der Waals surface area contributed by atoms with Crippen molar-refractivity contribution < 1.29 is 13.9 Å². The Bertz CT molecular complexity index is 690. The summed E-state index contributed by atoms with van der Waals surface area (Å²) < 4.78 is 18.4. The van der Waals surface area contributed by atoms with Gasteiger partial charge in [-0.25, -0.2) is 4.39 Å². The molecule has 3 N–H and O–H groups in total. The van der Waals surface area contributed by atoms with Gasteiger partial charge in [0.2, 0.25) is 5.88 Å². The van der Waals surface area contributed by atoms with E-state index in [1.54, 1.807) is 25.1 Å². The fraction of sp³-hybridized carbons (Fsp3) is 0.333. The molecule has 0 bridgehead atoms. The number of carbonyl (C=O) groups excluding carboxylic acids is 1. The molecule has 0 aliphatic carbocycles. The van der Waals surface area contributed by atoms with E-state index in [0.717, 1.165) is 0 Å². The molecule has 0 aliphatic heterocycles. The van der Waals surface area contributed by atoms with Gasteiger partial charge in [-0.05, 0) is 43.7 Å². The molecule has 2 aromatic rings. The molecule has 6 heteroatoms. The van der Waals surface area contributed by atoms with E-state index in [-0.39, 0.29) is 17.2 Å². The number of aromatic nitrogens is 1. The summed E-state index contributed by atoms with van der Waals surface area (Å²) >= 11 is 0. The van der Waals surface area contributed by atoms with Gasteiger partial charge in [-0.2, -0.15) is 4.98 Å². The van der Waals surface area contributed by atoms with Crippen molar-refractivity contribution in [2.45, 2.75) is 34.1 Å². The van der Waals surface area contributed by atoms with E-state index >= 15 is 0 Å². The molecule has 0 saturated heterocycles. The van der Waals surface area contributed by atoms with Crippen molar-refractivity contribution in [1.82, 2.24) is 4.98 Å². The van der Waals surface area contributed by atoms with Gasteiger partial charge in [0.25, 0.3) is 5.91 Å². The molecular weight excluding hydrogens is 309 g/mol. The van der Waals surface area contributed by atoms with E-state index in [1.165, 1.54) is 18.6 Å². The highest BCUT2D eigenvalue weighted by Gasteiger charge is 2.12. The van der Waals surface area contributed by atoms with E-state index in [0.29, 0.717) is 23.7 Å². The van der Waals surface area contributed by atoms with Crippen LogP contribution in [-0.2, 0) is 0 Å². The Hall–Kier alpha value is -2.63. The zero-order chi connectivity index (χ0) is 18.1. The normalized spacial score (nSPS) is 9.71. The Morgan fingerprint density at radius 2 is 1.92 bits per heavy atom. The SMILES string of the molecule is CCC.CCOc1ccc(C(=O)Nc2ccc(F)c(C)c2)c(N)n1. The van der Waals surface area contributed by atoms with Gasteiger partial charge in [0, 0.05) is 11.8 Å². The number of anilines is 2. The van der Waals surface area contributed by atoms with E-state index < -0.39 is 5.91 Å². The number of pyridine rings is 1. The molecule has 5 nitrogen and oxygen atoms in total. The summed E-state index contributed by atoms with van der Waals surface area (Å²) in [6.45, 7) is 8.17. The van der Waals surface area contributed by atoms with Gasteiger partial charge >= 0.3 is 0 Å². The number of carbonyl (C=O) groups is 1. The van der Waals surface area contributed by atoms with Crippen molar-refractivity contribution in [1.29, 1.82) is 0 Å². The maximum atomic E-state index is 13.2. The molecule has 0 fully saturated rings. The van der Waals surface area contributed by atoms with Crippen molar-refractivity contribution in [3.8, 4) is 5.88 Å². The first-order chi connectivity index (χ1) is 11.4. The first kappa shape index (κ1) is 19.4. The van der Waals surface area contributed by atoms with Gasteiger partial charge in [-0.15, -0.1) is 0 Å². The molecule has 2 rings (SSSR count). The van der Waals surface area contributed by atoms with Crippen molar-refractivity contribution in [3.05, 3.63) is 47.3 Å². The smallest absolute Gasteiger partial charge is 0.259 e. The molecule has 24 heavy (non-hydrogen) atoms. The van der Waals surface area contributed by atoms with Gasteiger partial charge in [-0.1, -0.05) is 20.3 Å². The average molecular weight is 333 g/mol. The average Bonchev–Trinajstić information content (AvgIpc) is 2.52. The number of nitrogen functional groups attached to an aromatic ring is 1. The minimum atomic E-state index is -0.408. The number of aryl methyl sites for hydroxylation is 1. The number of halogens is 1. The van der Waals surface area contributed by atoms with E-state index in [9.17, 15) is 9.18 Å². The van der Waals surface area contributed by atoms with Crippen LogP contribution in [0.15, 0.2) is 30.3 Å². The second kappa shape index (κ2) is 9.50. The van der Waals surface area contributed by atoms with Crippen LogP contribution in [0.2, 0.25) is 0 Å². The first-order valence-electron chi connectivity index (χ1n) is 7.89. The fourth-order valence-corrected chi connectivity index (χ4v) is 1.80. The van der Waals surface area contributed by atoms with Crippen molar-refractivity contribution in [2.24, 2.45) is 0 Å². The predicted molar refractivity (Wildman–Crippen MR) is 94.9 cm³/mol. The molecule has 0 aliphatic rings. The molecule has 1 heterocycles. The van der Waals surface area contributed by atoms with Gasteiger partial charge in [0.1, 0.15) is 11.6 Å². The molecule has 0 saturated carbocycles. The lowest BCUT2D eigenvalue weighted by Crippen LogP contribution is -2.15. The monoisotopic (exact) mass is 333 g/mol. The van der Waals surface area contributed by atoms with Crippen molar-refractivity contribution in [2.75, 3.05) is 17.7 Å². The second-order valence-corrected chi connectivity index (χ2v) is 5.14. The Morgan fingerprint density at radius 1 is 1.25 bits per heavy atom. The molecule has 1 aromatic carbocycles. The van der Waals surface area contributed by atoms with E-state index in [4.69, 9.17) is 10.5 Å². The standard InChI is InChI=1S/C15H16FN3O2.C3H8/c1-3-21-13-7-5-11(14(17)19-13)15(20)18-10-4-6-12(16)9(2)8-10;1-3-2/h4-8H,3H2,1-2H3,(H2,17,19)(H,18,20);3H2,1-2H3. The van der Waals surface area contributed by atoms with Crippen LogP contribution >= 0.6 is 0 Å². The van der Waals surface area contributed by atoms with Crippen LogP contribution in [0.25, 0.3) is 0 Å². The number of rotatable bonds is 4. The van der Waals surface area contributed by atoms with Gasteiger partial charge in [-0.3, -0.25) is 4.79 Å². The third kappa shape index (κ3) is 5.53. The Balaban J connectivity index is 0.000000891. The minimum absolute atomic E-state index is 0.0808. The number of nitrogens with zero attached hydrogens (tertiary/aromatic N) is 1. The Morgan fingerprint density at radius 3 is 2.46 bits per heavy atom. The molecule has 0 radical (unpaired) electrons. The predicted octanol–water partition coefficient (Wildman–Crippen LogP) is 4.18. The quantitative estimate of drug-likeness (QED) is 0.880. The summed E-state index contributed by atoms with van der Waals surface area (Å²) in [7, 11) is 0. The van der Waals surface area contributed by atoms with E-state index in [1.807, 2.05) is 6.92 Å². The topological polar surface area (TPSA) is 77.2 Å². The number of nitrogens with one attached hydrogen (secondary N) is 1. The lowest BCUT2D eigenvalue weighted by molar-refractivity contribution is 0.102. The highest BCUT2D eigenvalue weighted by Crippen LogP contribution is 2.18. The maximum Gasteiger partial charge on any atom is 0.259 e. The summed E-state index contributed by atoms with van der Waals surface area (Å²) in [6.07, 6.45) is 1.25. The van der Waals surface area contributed by atoms with Gasteiger partial charge in [0.05, 0.1) is 12.2 Å². The van der Waals surface area contributed by atoms with Crippen LogP contribution in [0.4, 0.5) is 15.9 Å². The number of ether oxygens (including phenoxy) is 1. The van der Waals surface area contributed by atoms with Crippen LogP contribution < -0.4 is 15.8 Å². The molecule has 130 valence electrons. The highest BCUT2D eigenvalue weighted by atomic mass is 19.1. The van der Waals surface area contributed by atoms with Crippen LogP contribution in [0.3, 0.4) is 0 Å². The summed E-state index contributed by atoms with van der Waals surface area (Å²) in [5, 5.41) is 2.65. The third-order valence-electron chi connectivity index (χ3n) is 2.85. The van der Waals surface area contributed by atoms with E-state index in [2.05, 4.69) is 24.1 Å². The highest BCUT2D eigenvalue weighted by molar-refractivity contribution is 6.07. The Labute approximate surface area is 142 Å². The number of benzene rings is 1. The van der Waals surface area contributed by atoms with Crippen molar-refractivity contribution in [3.63, 3.8) is 0 Å². The molecule has 1 aromatic heterocycles. The van der Waals surface area contributed by atoms with Crippen LogP contribution in [0.1, 0.15) is 43.1 Å². The number of hydrogen-bond acceptors (Lipinski definition) is 4. The fourth-order valence-electron chi connectivity index (χ4n) is 1.80. The maximum absolute atomic E-state index is 13.2. The minimum Gasteiger partial charge on any atom is -0.478 e. The molecule has 0 atom stereocenters. The molecule has 0 unspecified atom stereocenters.